The van der Waals surface area contributed by atoms with Gasteiger partial charge in [0.2, 0.25) is 17.7 Å². The van der Waals surface area contributed by atoms with Gasteiger partial charge >= 0.3 is 5.97 Å². The van der Waals surface area contributed by atoms with Crippen LogP contribution in [0.15, 0.2) is 55.6 Å². The zero-order valence-electron chi connectivity index (χ0n) is 27.8. The highest BCUT2D eigenvalue weighted by Gasteiger charge is 2.75. The molecule has 258 valence electrons. The topological polar surface area (TPSA) is 135 Å². The van der Waals surface area contributed by atoms with Crippen LogP contribution < -0.4 is 5.32 Å². The molecule has 0 radical (unpaired) electrons. The largest absolute Gasteiger partial charge is 0.455 e. The number of carbonyl (C=O) groups excluding carboxylic acids is 4. The molecule has 3 aliphatic heterocycles. The summed E-state index contributed by atoms with van der Waals surface area (Å²) in [6, 6.07) is 7.53. The first-order valence-corrected chi connectivity index (χ1v) is 16.9. The van der Waals surface area contributed by atoms with E-state index in [0.29, 0.717) is 50.8 Å². The van der Waals surface area contributed by atoms with E-state index in [1.807, 2.05) is 30.3 Å². The summed E-state index contributed by atoms with van der Waals surface area (Å²) in [6.45, 7) is 10.7. The molecule has 0 saturated carbocycles. The Morgan fingerprint density at radius 1 is 1.19 bits per heavy atom. The van der Waals surface area contributed by atoms with Gasteiger partial charge in [-0.25, -0.2) is 0 Å². The molecule has 2 N–H and O–H groups in total. The molecule has 47 heavy (non-hydrogen) atoms. The van der Waals surface area contributed by atoms with Crippen LogP contribution >= 0.6 is 0 Å². The smallest absolute Gasteiger partial charge is 0.313 e. The molecule has 1 spiro atoms. The van der Waals surface area contributed by atoms with Crippen LogP contribution in [-0.2, 0) is 33.4 Å². The zero-order valence-corrected chi connectivity index (χ0v) is 27.8. The van der Waals surface area contributed by atoms with Crippen molar-refractivity contribution in [2.75, 3.05) is 40.0 Å². The van der Waals surface area contributed by atoms with Crippen LogP contribution in [-0.4, -0.2) is 102 Å². The maximum atomic E-state index is 14.3. The molecular formula is C36H51N3O8. The van der Waals surface area contributed by atoms with Gasteiger partial charge in [0.25, 0.3) is 0 Å². The van der Waals surface area contributed by atoms with Crippen molar-refractivity contribution in [3.8, 4) is 0 Å². The fourth-order valence-corrected chi connectivity index (χ4v) is 7.43. The average molecular weight is 654 g/mol. The molecule has 0 unspecified atom stereocenters. The molecule has 3 fully saturated rings. The second-order valence-electron chi connectivity index (χ2n) is 12.7. The lowest BCUT2D eigenvalue weighted by Gasteiger charge is -2.37. The van der Waals surface area contributed by atoms with Crippen molar-refractivity contribution in [3.63, 3.8) is 0 Å². The number of ether oxygens (including phenoxy) is 3. The van der Waals surface area contributed by atoms with Gasteiger partial charge in [0.05, 0.1) is 30.6 Å². The minimum atomic E-state index is -1.17. The number of unbranched alkanes of at least 4 members (excludes halogenated alkanes) is 2. The van der Waals surface area contributed by atoms with Gasteiger partial charge in [-0.1, -0.05) is 55.8 Å². The molecule has 3 heterocycles. The van der Waals surface area contributed by atoms with Gasteiger partial charge < -0.3 is 34.4 Å². The molecule has 4 rings (SSSR count). The normalized spacial score (nSPS) is 25.6. The predicted octanol–water partition coefficient (Wildman–Crippen LogP) is 3.33. The van der Waals surface area contributed by atoms with Crippen molar-refractivity contribution in [1.29, 1.82) is 0 Å². The summed E-state index contributed by atoms with van der Waals surface area (Å²) >= 11 is 0. The van der Waals surface area contributed by atoms with Crippen molar-refractivity contribution < 1.29 is 38.5 Å². The van der Waals surface area contributed by atoms with Crippen LogP contribution in [0.5, 0.6) is 0 Å². The predicted molar refractivity (Wildman–Crippen MR) is 176 cm³/mol. The summed E-state index contributed by atoms with van der Waals surface area (Å²) in [5, 5.41) is 12.4. The fraction of sp³-hybridized carbons (Fsp3) is 0.611. The number of hydrogen-bond acceptors (Lipinski definition) is 8. The van der Waals surface area contributed by atoms with Crippen molar-refractivity contribution >= 4 is 23.7 Å². The van der Waals surface area contributed by atoms with E-state index in [1.165, 1.54) is 7.11 Å². The third-order valence-corrected chi connectivity index (χ3v) is 9.56. The molecule has 3 amide bonds. The number of hydrogen-bond donors (Lipinski definition) is 2. The molecule has 1 aromatic rings. The number of amides is 3. The number of esters is 1. The molecule has 0 aliphatic carbocycles. The summed E-state index contributed by atoms with van der Waals surface area (Å²) in [5.41, 5.74) is -0.501. The van der Waals surface area contributed by atoms with Crippen LogP contribution in [0, 0.1) is 11.8 Å². The number of nitrogens with zero attached hydrogens (tertiary/aromatic N) is 2. The lowest BCUT2D eigenvalue weighted by Crippen LogP contribution is -2.56. The quantitative estimate of drug-likeness (QED) is 0.124. The van der Waals surface area contributed by atoms with Gasteiger partial charge in [-0.05, 0) is 44.1 Å². The van der Waals surface area contributed by atoms with Crippen molar-refractivity contribution in [2.45, 2.75) is 88.2 Å². The van der Waals surface area contributed by atoms with Crippen LogP contribution in [0.4, 0.5) is 0 Å². The van der Waals surface area contributed by atoms with Crippen molar-refractivity contribution in [3.05, 3.63) is 61.2 Å². The third-order valence-electron chi connectivity index (χ3n) is 9.56. The molecule has 11 nitrogen and oxygen atoms in total. The van der Waals surface area contributed by atoms with E-state index in [9.17, 15) is 24.3 Å². The van der Waals surface area contributed by atoms with Gasteiger partial charge in [0.15, 0.2) is 0 Å². The summed E-state index contributed by atoms with van der Waals surface area (Å²) in [7, 11) is 1.51. The van der Waals surface area contributed by atoms with Crippen LogP contribution in [0.1, 0.15) is 70.0 Å². The van der Waals surface area contributed by atoms with E-state index in [2.05, 4.69) is 25.4 Å². The van der Waals surface area contributed by atoms with Crippen molar-refractivity contribution in [1.82, 2.24) is 15.1 Å². The molecular weight excluding hydrogens is 602 g/mol. The maximum absolute atomic E-state index is 14.3. The van der Waals surface area contributed by atoms with E-state index in [0.717, 1.165) is 12.8 Å². The maximum Gasteiger partial charge on any atom is 0.313 e. The minimum absolute atomic E-state index is 0.0323. The number of likely N-dealkylation sites (tertiary alicyclic amines) is 1. The van der Waals surface area contributed by atoms with Crippen molar-refractivity contribution in [2.24, 2.45) is 11.8 Å². The molecule has 0 aromatic heterocycles. The number of benzene rings is 1. The molecule has 3 aliphatic rings. The Bertz CT molecular complexity index is 1260. The van der Waals surface area contributed by atoms with Gasteiger partial charge in [0, 0.05) is 39.8 Å². The van der Waals surface area contributed by atoms with E-state index in [-0.39, 0.29) is 43.9 Å². The Balaban J connectivity index is 1.67. The summed E-state index contributed by atoms with van der Waals surface area (Å²) in [5.74, 6) is -3.18. The van der Waals surface area contributed by atoms with Gasteiger partial charge in [-0.2, -0.15) is 0 Å². The summed E-state index contributed by atoms with van der Waals surface area (Å²) in [4.78, 5) is 59.0. The SMILES string of the molecule is C=CCCC(=O)N[C@@H](COC)[C@@H](OC(=O)[C@@H]1[C@@H]2CC[C@]3(O2)[C@H](C(=O)N(CC=C)CCCC)N(CCCCO)C(=O)[C@@H]13)c1ccccc1. The summed E-state index contributed by atoms with van der Waals surface area (Å²) < 4.78 is 18.3. The van der Waals surface area contributed by atoms with E-state index in [4.69, 9.17) is 14.2 Å². The number of rotatable bonds is 20. The number of allylic oxidation sites excluding steroid dienone is 1. The second kappa shape index (κ2) is 17.0. The highest BCUT2D eigenvalue weighted by atomic mass is 16.6. The Labute approximate surface area is 278 Å². The van der Waals surface area contributed by atoms with E-state index >= 15 is 0 Å². The van der Waals surface area contributed by atoms with Gasteiger partial charge in [-0.15, -0.1) is 13.2 Å². The number of fused-ring (bicyclic) bond motifs is 1. The molecule has 2 bridgehead atoms. The Morgan fingerprint density at radius 2 is 1.96 bits per heavy atom. The molecule has 7 atom stereocenters. The Morgan fingerprint density at radius 3 is 2.62 bits per heavy atom. The van der Waals surface area contributed by atoms with Gasteiger partial charge in [-0.3, -0.25) is 19.2 Å². The number of aliphatic hydroxyl groups is 1. The monoisotopic (exact) mass is 653 g/mol. The standard InChI is InChI=1S/C36H51N3O8/c1-5-8-17-28(41)37-26(24-45-4)31(25-15-11-10-12-16-25)46-35(44)29-27-18-19-36(47-27)30(29)33(42)39(22-13-14-23-40)32(36)34(43)38(20-7-3)21-9-6-2/h5,7,10-12,15-16,26-27,29-32,40H,1,3,6,8-9,13-14,17-24H2,2,4H3,(H,37,41)/t26-,27-,29+,30+,31-,32-,36+/m0/s1. The lowest BCUT2D eigenvalue weighted by molar-refractivity contribution is -0.163. The van der Waals surface area contributed by atoms with E-state index in [1.54, 1.807) is 22.0 Å². The molecule has 11 heteroatoms. The third kappa shape index (κ3) is 7.79. The summed E-state index contributed by atoms with van der Waals surface area (Å²) in [6.07, 6.45) is 6.20. The zero-order chi connectivity index (χ0) is 34.0. The number of methoxy groups -OCH3 is 1. The average Bonchev–Trinajstić information content (AvgIpc) is 3.72. The molecule has 3 saturated heterocycles. The minimum Gasteiger partial charge on any atom is -0.455 e. The number of nitrogens with one attached hydrogen (secondary N) is 1. The number of aliphatic hydroxyl groups excluding tert-OH is 1. The van der Waals surface area contributed by atoms with Crippen LogP contribution in [0.3, 0.4) is 0 Å². The first kappa shape index (κ1) is 36.3. The Hall–Kier alpha value is -3.54. The first-order valence-electron chi connectivity index (χ1n) is 16.9. The van der Waals surface area contributed by atoms with E-state index < -0.39 is 47.7 Å². The molecule has 1 aromatic carbocycles. The second-order valence-corrected chi connectivity index (χ2v) is 12.7. The number of carbonyl (C=O) groups is 4. The highest BCUT2D eigenvalue weighted by molar-refractivity contribution is 5.98. The highest BCUT2D eigenvalue weighted by Crippen LogP contribution is 2.59. The van der Waals surface area contributed by atoms with Crippen LogP contribution in [0.2, 0.25) is 0 Å². The fourth-order valence-electron chi connectivity index (χ4n) is 7.43. The lowest BCUT2D eigenvalue weighted by atomic mass is 9.70. The van der Waals surface area contributed by atoms with Crippen LogP contribution in [0.25, 0.3) is 0 Å². The Kier molecular flexibility index (Phi) is 13.2. The van der Waals surface area contributed by atoms with Gasteiger partial charge in [0.1, 0.15) is 17.7 Å². The first-order chi connectivity index (χ1) is 22.8.